The lowest BCUT2D eigenvalue weighted by molar-refractivity contribution is -0.117. The molecule has 1 atom stereocenters. The lowest BCUT2D eigenvalue weighted by Gasteiger charge is -2.18. The molecule has 4 nitrogen and oxygen atoms in total. The van der Waals surface area contributed by atoms with E-state index in [4.69, 9.17) is 11.6 Å². The van der Waals surface area contributed by atoms with Crippen LogP contribution in [0.1, 0.15) is 37.7 Å². The summed E-state index contributed by atoms with van der Waals surface area (Å²) >= 11 is 6.22. The number of nitrogens with zero attached hydrogens (tertiary/aromatic N) is 1. The van der Waals surface area contributed by atoms with Crippen LogP contribution in [0.25, 0.3) is 0 Å². The third-order valence-corrected chi connectivity index (χ3v) is 4.80. The fourth-order valence-electron chi connectivity index (χ4n) is 3.08. The lowest BCUT2D eigenvalue weighted by atomic mass is 9.97. The van der Waals surface area contributed by atoms with E-state index in [9.17, 15) is 9.59 Å². The summed E-state index contributed by atoms with van der Waals surface area (Å²) in [5, 5.41) is 3.35. The molecule has 0 spiro atoms. The minimum Gasteiger partial charge on any atom is -0.325 e. The van der Waals surface area contributed by atoms with Crippen molar-refractivity contribution in [2.24, 2.45) is 0 Å². The Labute approximate surface area is 152 Å². The summed E-state index contributed by atoms with van der Waals surface area (Å²) in [6.07, 6.45) is 1.80. The molecule has 5 heteroatoms. The van der Waals surface area contributed by atoms with Gasteiger partial charge in [-0.15, -0.1) is 0 Å². The Morgan fingerprint density at radius 1 is 1.24 bits per heavy atom. The highest BCUT2D eigenvalue weighted by molar-refractivity contribution is 6.33. The maximum Gasteiger partial charge on any atom is 0.227 e. The Balaban J connectivity index is 1.69. The minimum atomic E-state index is -0.0943. The van der Waals surface area contributed by atoms with Crippen LogP contribution in [-0.4, -0.2) is 18.4 Å². The van der Waals surface area contributed by atoms with Crippen molar-refractivity contribution in [1.82, 2.24) is 0 Å². The number of anilines is 2. The van der Waals surface area contributed by atoms with Crippen LogP contribution in [0.2, 0.25) is 5.02 Å². The van der Waals surface area contributed by atoms with Crippen LogP contribution in [0.5, 0.6) is 0 Å². The summed E-state index contributed by atoms with van der Waals surface area (Å²) in [6.45, 7) is 2.73. The number of hydrogen-bond donors (Lipinski definition) is 1. The summed E-state index contributed by atoms with van der Waals surface area (Å²) in [5.74, 6) is 0.128. The third-order valence-electron chi connectivity index (χ3n) is 4.47. The van der Waals surface area contributed by atoms with Crippen molar-refractivity contribution in [3.8, 4) is 0 Å². The largest absolute Gasteiger partial charge is 0.325 e. The number of amides is 2. The predicted octanol–water partition coefficient (Wildman–Crippen LogP) is 4.60. The van der Waals surface area contributed by atoms with Crippen LogP contribution in [0.3, 0.4) is 0 Å². The standard InChI is InChI=1S/C20H21ClN2O2/c1-14(15-6-3-2-4-7-15)12-19(24)22-18-13-16(9-10-17(18)21)23-11-5-8-20(23)25/h2-4,6-7,9-10,13-14H,5,8,11-12H2,1H3,(H,22,24)/t14-/m1/s1. The zero-order valence-electron chi connectivity index (χ0n) is 14.2. The Morgan fingerprint density at radius 3 is 2.68 bits per heavy atom. The van der Waals surface area contributed by atoms with Crippen molar-refractivity contribution >= 4 is 34.8 Å². The van der Waals surface area contributed by atoms with Crippen LogP contribution in [-0.2, 0) is 9.59 Å². The van der Waals surface area contributed by atoms with Crippen molar-refractivity contribution < 1.29 is 9.59 Å². The monoisotopic (exact) mass is 356 g/mol. The maximum absolute atomic E-state index is 12.4. The van der Waals surface area contributed by atoms with Crippen LogP contribution < -0.4 is 10.2 Å². The second-order valence-electron chi connectivity index (χ2n) is 6.38. The highest BCUT2D eigenvalue weighted by Gasteiger charge is 2.22. The number of carbonyl (C=O) groups excluding carboxylic acids is 2. The Kier molecular flexibility index (Phi) is 5.39. The summed E-state index contributed by atoms with van der Waals surface area (Å²) in [5.41, 5.74) is 2.45. The van der Waals surface area contributed by atoms with Gasteiger partial charge in [0, 0.05) is 25.1 Å². The number of nitrogens with one attached hydrogen (secondary N) is 1. The average molecular weight is 357 g/mol. The molecule has 2 aromatic carbocycles. The van der Waals surface area contributed by atoms with E-state index in [1.54, 1.807) is 17.0 Å². The molecule has 2 amide bonds. The van der Waals surface area contributed by atoms with Crippen molar-refractivity contribution in [2.45, 2.75) is 32.1 Å². The number of rotatable bonds is 5. The van der Waals surface area contributed by atoms with Gasteiger partial charge in [-0.05, 0) is 36.1 Å². The fraction of sp³-hybridized carbons (Fsp3) is 0.300. The first-order valence-corrected chi connectivity index (χ1v) is 8.87. The third kappa shape index (κ3) is 4.20. The second kappa shape index (κ2) is 7.70. The number of hydrogen-bond acceptors (Lipinski definition) is 2. The lowest BCUT2D eigenvalue weighted by Crippen LogP contribution is -2.24. The molecular formula is C20H21ClN2O2. The number of benzene rings is 2. The molecule has 0 unspecified atom stereocenters. The molecule has 1 saturated heterocycles. The molecule has 1 fully saturated rings. The quantitative estimate of drug-likeness (QED) is 0.851. The Hall–Kier alpha value is -2.33. The van der Waals surface area contributed by atoms with E-state index in [0.717, 1.165) is 17.7 Å². The molecule has 0 radical (unpaired) electrons. The zero-order valence-corrected chi connectivity index (χ0v) is 14.9. The van der Waals surface area contributed by atoms with Gasteiger partial charge >= 0.3 is 0 Å². The first-order valence-electron chi connectivity index (χ1n) is 8.49. The van der Waals surface area contributed by atoms with E-state index >= 15 is 0 Å². The first kappa shape index (κ1) is 17.5. The smallest absolute Gasteiger partial charge is 0.227 e. The average Bonchev–Trinajstić information content (AvgIpc) is 3.03. The van der Waals surface area contributed by atoms with Gasteiger partial charge in [0.1, 0.15) is 0 Å². The van der Waals surface area contributed by atoms with Gasteiger partial charge in [-0.25, -0.2) is 0 Å². The van der Waals surface area contributed by atoms with Gasteiger partial charge in [0.15, 0.2) is 0 Å². The van der Waals surface area contributed by atoms with Gasteiger partial charge in [-0.1, -0.05) is 48.9 Å². The molecule has 1 aliphatic heterocycles. The van der Waals surface area contributed by atoms with Gasteiger partial charge in [0.05, 0.1) is 10.7 Å². The normalized spacial score (nSPS) is 15.3. The van der Waals surface area contributed by atoms with Crippen molar-refractivity contribution in [3.05, 3.63) is 59.1 Å². The Morgan fingerprint density at radius 2 is 2.00 bits per heavy atom. The molecule has 1 N–H and O–H groups in total. The maximum atomic E-state index is 12.4. The van der Waals surface area contributed by atoms with E-state index in [2.05, 4.69) is 5.32 Å². The summed E-state index contributed by atoms with van der Waals surface area (Å²) < 4.78 is 0. The molecule has 130 valence electrons. The molecule has 1 aliphatic rings. The molecule has 0 saturated carbocycles. The van der Waals surface area contributed by atoms with Gasteiger partial charge in [0.2, 0.25) is 11.8 Å². The summed E-state index contributed by atoms with van der Waals surface area (Å²) in [6, 6.07) is 15.2. The van der Waals surface area contributed by atoms with Gasteiger partial charge < -0.3 is 10.2 Å². The number of halogens is 1. The highest BCUT2D eigenvalue weighted by atomic mass is 35.5. The van der Waals surface area contributed by atoms with Crippen LogP contribution in [0.4, 0.5) is 11.4 Å². The molecule has 0 aliphatic carbocycles. The van der Waals surface area contributed by atoms with Crippen LogP contribution in [0, 0.1) is 0 Å². The van der Waals surface area contributed by atoms with Crippen molar-refractivity contribution in [1.29, 1.82) is 0 Å². The molecular weight excluding hydrogens is 336 g/mol. The second-order valence-corrected chi connectivity index (χ2v) is 6.78. The predicted molar refractivity (Wildman–Crippen MR) is 101 cm³/mol. The van der Waals surface area contributed by atoms with Gasteiger partial charge in [0.25, 0.3) is 0 Å². The van der Waals surface area contributed by atoms with E-state index < -0.39 is 0 Å². The van der Waals surface area contributed by atoms with Crippen LogP contribution in [0.15, 0.2) is 48.5 Å². The zero-order chi connectivity index (χ0) is 17.8. The van der Waals surface area contributed by atoms with Crippen molar-refractivity contribution in [3.63, 3.8) is 0 Å². The molecule has 0 aromatic heterocycles. The van der Waals surface area contributed by atoms with E-state index in [-0.39, 0.29) is 17.7 Å². The minimum absolute atomic E-state index is 0.0943. The van der Waals surface area contributed by atoms with Gasteiger partial charge in [-0.2, -0.15) is 0 Å². The number of carbonyl (C=O) groups is 2. The molecule has 3 rings (SSSR count). The molecule has 2 aromatic rings. The molecule has 1 heterocycles. The fourth-order valence-corrected chi connectivity index (χ4v) is 3.24. The van der Waals surface area contributed by atoms with Crippen LogP contribution >= 0.6 is 11.6 Å². The van der Waals surface area contributed by atoms with Gasteiger partial charge in [-0.3, -0.25) is 9.59 Å². The molecule has 0 bridgehead atoms. The summed E-state index contributed by atoms with van der Waals surface area (Å²) in [4.78, 5) is 26.0. The topological polar surface area (TPSA) is 49.4 Å². The first-order chi connectivity index (χ1) is 12.0. The SMILES string of the molecule is C[C@H](CC(=O)Nc1cc(N2CCCC2=O)ccc1Cl)c1ccccc1. The van der Waals surface area contributed by atoms with Crippen molar-refractivity contribution in [2.75, 3.05) is 16.8 Å². The van der Waals surface area contributed by atoms with E-state index in [0.29, 0.717) is 30.1 Å². The Bertz CT molecular complexity index is 777. The molecule has 25 heavy (non-hydrogen) atoms. The van der Waals surface area contributed by atoms with E-state index in [1.165, 1.54) is 0 Å². The highest BCUT2D eigenvalue weighted by Crippen LogP contribution is 2.30. The summed E-state index contributed by atoms with van der Waals surface area (Å²) in [7, 11) is 0. The van der Waals surface area contributed by atoms with E-state index in [1.807, 2.05) is 43.3 Å².